The van der Waals surface area contributed by atoms with Crippen LogP contribution in [0, 0.1) is 0 Å². The molecule has 0 radical (unpaired) electrons. The number of aromatic nitrogens is 1. The molecule has 0 saturated carbocycles. The number of hydrogen-bond donors (Lipinski definition) is 2. The monoisotopic (exact) mass is 655 g/mol. The second-order valence-electron chi connectivity index (χ2n) is 10.9. The number of nitrogens with zero attached hydrogens (tertiary/aromatic N) is 1. The number of ether oxygens (including phenoxy) is 2. The third-order valence-corrected chi connectivity index (χ3v) is 8.50. The third kappa shape index (κ3) is 6.51. The van der Waals surface area contributed by atoms with E-state index < -0.39 is 36.0 Å². The van der Waals surface area contributed by atoms with Gasteiger partial charge in [0.2, 0.25) is 6.10 Å². The zero-order valence-electron chi connectivity index (χ0n) is 24.9. The van der Waals surface area contributed by atoms with Gasteiger partial charge in [-0.15, -0.1) is 0 Å². The number of fused-ring (bicyclic) bond motifs is 2. The van der Waals surface area contributed by atoms with E-state index in [1.807, 2.05) is 54.6 Å². The van der Waals surface area contributed by atoms with E-state index in [4.69, 9.17) is 32.7 Å². The van der Waals surface area contributed by atoms with Crippen LogP contribution in [-0.4, -0.2) is 41.5 Å². The molecule has 0 fully saturated rings. The minimum atomic E-state index is -1.64. The Kier molecular flexibility index (Phi) is 9.40. The summed E-state index contributed by atoms with van der Waals surface area (Å²) in [6, 6.07) is 28.2. The van der Waals surface area contributed by atoms with Gasteiger partial charge in [-0.05, 0) is 48.4 Å². The number of halogens is 2. The van der Waals surface area contributed by atoms with Crippen molar-refractivity contribution < 1.29 is 23.9 Å². The first-order valence-corrected chi connectivity index (χ1v) is 15.7. The molecule has 1 aliphatic rings. The summed E-state index contributed by atoms with van der Waals surface area (Å²) >= 11 is 13.1. The highest BCUT2D eigenvalue weighted by molar-refractivity contribution is 6.31. The number of hydrogen-bond acceptors (Lipinski definition) is 5. The van der Waals surface area contributed by atoms with Crippen LogP contribution in [-0.2, 0) is 36.8 Å². The Bertz CT molecular complexity index is 1890. The van der Waals surface area contributed by atoms with Gasteiger partial charge >= 0.3 is 5.97 Å². The van der Waals surface area contributed by atoms with Crippen LogP contribution >= 0.6 is 23.2 Å². The summed E-state index contributed by atoms with van der Waals surface area (Å²) in [5.74, 6) is -2.01. The van der Waals surface area contributed by atoms with Crippen molar-refractivity contribution in [3.8, 4) is 0 Å². The number of nitrogens with one attached hydrogen (secondary N) is 2. The summed E-state index contributed by atoms with van der Waals surface area (Å²) in [7, 11) is 0. The molecule has 3 atom stereocenters. The molecule has 0 bridgehead atoms. The summed E-state index contributed by atoms with van der Waals surface area (Å²) in [6.45, 7) is 1.97. The molecule has 46 heavy (non-hydrogen) atoms. The third-order valence-electron chi connectivity index (χ3n) is 7.92. The number of carbonyl (C=O) groups excluding carboxylic acids is 3. The molecule has 234 valence electrons. The fourth-order valence-corrected chi connectivity index (χ4v) is 6.16. The second kappa shape index (κ2) is 13.8. The largest absolute Gasteiger partial charge is 0.464 e. The van der Waals surface area contributed by atoms with Gasteiger partial charge in [-0.1, -0.05) is 89.9 Å². The number of anilines is 1. The lowest BCUT2D eigenvalue weighted by Gasteiger charge is -2.26. The maximum Gasteiger partial charge on any atom is 0.328 e. The standard InChI is InChI=1S/C36H31Cl2N3O5/c1-2-45-36(44)30(18-23-20-39-29-15-9-7-12-25(23)29)40-34(42)33-35(43)41(21-22-10-4-3-5-11-22)31-17-16-24(37)19-27(31)32(46-33)26-13-6-8-14-28(26)38/h3-17,19-20,30,32-33,39H,2,18,21H2,1H3,(H,40,42)/t30-,32+,33+/m0/s1. The van der Waals surface area contributed by atoms with E-state index in [0.717, 1.165) is 22.0 Å². The van der Waals surface area contributed by atoms with Crippen LogP contribution in [0.4, 0.5) is 5.69 Å². The zero-order valence-corrected chi connectivity index (χ0v) is 26.4. The molecule has 0 saturated heterocycles. The van der Waals surface area contributed by atoms with Crippen molar-refractivity contribution in [3.63, 3.8) is 0 Å². The second-order valence-corrected chi connectivity index (χ2v) is 11.8. The van der Waals surface area contributed by atoms with Gasteiger partial charge in [0.05, 0.1) is 18.8 Å². The van der Waals surface area contributed by atoms with Crippen LogP contribution in [0.15, 0.2) is 103 Å². The molecule has 2 amide bonds. The number of H-pyrrole nitrogens is 1. The fourth-order valence-electron chi connectivity index (χ4n) is 5.74. The Labute approximate surface area is 276 Å². The average Bonchev–Trinajstić information content (AvgIpc) is 3.42. The molecule has 4 aromatic carbocycles. The van der Waals surface area contributed by atoms with E-state index in [1.165, 1.54) is 4.90 Å². The quantitative estimate of drug-likeness (QED) is 0.135. The fraction of sp³-hybridized carbons (Fsp3) is 0.194. The minimum Gasteiger partial charge on any atom is -0.464 e. The summed E-state index contributed by atoms with van der Waals surface area (Å²) in [5.41, 5.74) is 4.20. The first-order valence-electron chi connectivity index (χ1n) is 14.9. The van der Waals surface area contributed by atoms with E-state index >= 15 is 0 Å². The molecular weight excluding hydrogens is 625 g/mol. The highest BCUT2D eigenvalue weighted by Gasteiger charge is 2.42. The molecule has 2 heterocycles. The first-order chi connectivity index (χ1) is 22.3. The summed E-state index contributed by atoms with van der Waals surface area (Å²) in [6.07, 6.45) is -0.646. The van der Waals surface area contributed by atoms with Crippen LogP contribution in [0.5, 0.6) is 0 Å². The van der Waals surface area contributed by atoms with Crippen molar-refractivity contribution in [1.82, 2.24) is 10.3 Å². The Hall–Kier alpha value is -4.63. The SMILES string of the molecule is CCOC(=O)[C@H](Cc1c[nH]c2ccccc12)NC(=O)[C@H]1O[C@H](c2ccccc2Cl)c2cc(Cl)ccc2N(Cc2ccccc2)C1=O. The number of rotatable bonds is 9. The molecule has 0 unspecified atom stereocenters. The molecule has 2 N–H and O–H groups in total. The lowest BCUT2D eigenvalue weighted by atomic mass is 9.99. The Morgan fingerprint density at radius 1 is 0.957 bits per heavy atom. The Morgan fingerprint density at radius 2 is 1.70 bits per heavy atom. The Balaban J connectivity index is 1.40. The predicted octanol–water partition coefficient (Wildman–Crippen LogP) is 6.79. The van der Waals surface area contributed by atoms with Crippen LogP contribution in [0.1, 0.15) is 35.3 Å². The van der Waals surface area contributed by atoms with Gasteiger partial charge in [0, 0.05) is 44.7 Å². The predicted molar refractivity (Wildman–Crippen MR) is 178 cm³/mol. The number of carbonyl (C=O) groups is 3. The highest BCUT2D eigenvalue weighted by atomic mass is 35.5. The van der Waals surface area contributed by atoms with E-state index in [9.17, 15) is 14.4 Å². The van der Waals surface area contributed by atoms with E-state index in [0.29, 0.717) is 26.9 Å². The lowest BCUT2D eigenvalue weighted by molar-refractivity contribution is -0.152. The minimum absolute atomic E-state index is 0.119. The first kappa shape index (κ1) is 31.4. The number of amides is 2. The van der Waals surface area contributed by atoms with E-state index in [1.54, 1.807) is 55.6 Å². The molecule has 10 heteroatoms. The zero-order chi connectivity index (χ0) is 32.2. The van der Waals surface area contributed by atoms with Crippen LogP contribution < -0.4 is 10.2 Å². The Morgan fingerprint density at radius 3 is 2.48 bits per heavy atom. The molecule has 5 aromatic rings. The number of aromatic amines is 1. The van der Waals surface area contributed by atoms with Crippen molar-refractivity contribution in [2.75, 3.05) is 11.5 Å². The highest BCUT2D eigenvalue weighted by Crippen LogP contribution is 2.42. The summed E-state index contributed by atoms with van der Waals surface area (Å²) < 4.78 is 11.8. The van der Waals surface area contributed by atoms with E-state index in [-0.39, 0.29) is 19.6 Å². The van der Waals surface area contributed by atoms with Gasteiger partial charge < -0.3 is 24.7 Å². The maximum absolute atomic E-state index is 14.4. The van der Waals surface area contributed by atoms with Gasteiger partial charge in [0.25, 0.3) is 11.8 Å². The molecular formula is C36H31Cl2N3O5. The molecule has 0 spiro atoms. The smallest absolute Gasteiger partial charge is 0.328 e. The van der Waals surface area contributed by atoms with Crippen molar-refractivity contribution in [2.24, 2.45) is 0 Å². The average molecular weight is 657 g/mol. The summed E-state index contributed by atoms with van der Waals surface area (Å²) in [4.78, 5) is 46.5. The topological polar surface area (TPSA) is 101 Å². The van der Waals surface area contributed by atoms with Crippen molar-refractivity contribution in [2.45, 2.75) is 38.1 Å². The van der Waals surface area contributed by atoms with Gasteiger partial charge in [0.15, 0.2) is 0 Å². The molecule has 0 aliphatic carbocycles. The lowest BCUT2D eigenvalue weighted by Crippen LogP contribution is -2.53. The molecule has 1 aliphatic heterocycles. The van der Waals surface area contributed by atoms with Crippen LogP contribution in [0.2, 0.25) is 10.0 Å². The normalized spacial score (nSPS) is 16.8. The maximum atomic E-state index is 14.4. The van der Waals surface area contributed by atoms with Gasteiger partial charge in [-0.3, -0.25) is 9.59 Å². The van der Waals surface area contributed by atoms with Gasteiger partial charge in [-0.25, -0.2) is 4.79 Å². The van der Waals surface area contributed by atoms with Crippen LogP contribution in [0.3, 0.4) is 0 Å². The number of para-hydroxylation sites is 1. The molecule has 1 aromatic heterocycles. The van der Waals surface area contributed by atoms with Crippen molar-refractivity contribution >= 4 is 57.6 Å². The number of esters is 1. The van der Waals surface area contributed by atoms with Gasteiger partial charge in [0.1, 0.15) is 12.1 Å². The van der Waals surface area contributed by atoms with E-state index in [2.05, 4.69) is 10.3 Å². The van der Waals surface area contributed by atoms with Crippen molar-refractivity contribution in [1.29, 1.82) is 0 Å². The number of benzene rings is 4. The van der Waals surface area contributed by atoms with Gasteiger partial charge in [-0.2, -0.15) is 0 Å². The molecule has 8 nitrogen and oxygen atoms in total. The summed E-state index contributed by atoms with van der Waals surface area (Å²) in [5, 5.41) is 4.51. The van der Waals surface area contributed by atoms with Crippen LogP contribution in [0.25, 0.3) is 10.9 Å². The molecule has 6 rings (SSSR count). The van der Waals surface area contributed by atoms with Crippen molar-refractivity contribution in [3.05, 3.63) is 136 Å².